The summed E-state index contributed by atoms with van der Waals surface area (Å²) in [4.78, 5) is 11.2. The van der Waals surface area contributed by atoms with Crippen molar-refractivity contribution in [2.75, 3.05) is 7.11 Å². The lowest BCUT2D eigenvalue weighted by atomic mass is 10.2. The highest BCUT2D eigenvalue weighted by Gasteiger charge is 2.13. The van der Waals surface area contributed by atoms with Gasteiger partial charge in [-0.2, -0.15) is 10.4 Å². The summed E-state index contributed by atoms with van der Waals surface area (Å²) in [7, 11) is 1.27. The molecule has 1 aromatic heterocycles. The smallest absolute Gasteiger partial charge is 0.327 e. The summed E-state index contributed by atoms with van der Waals surface area (Å²) in [6.45, 7) is -0.0991. The number of ether oxygens (including phenoxy) is 1. The predicted octanol–water partition coefficient (Wildman–Crippen LogP) is 0.787. The van der Waals surface area contributed by atoms with E-state index in [1.54, 1.807) is 6.07 Å². The molecule has 2 aromatic rings. The van der Waals surface area contributed by atoms with Crippen LogP contribution in [0.25, 0.3) is 10.9 Å². The number of phenolic OH excluding ortho intramolecular Hbond substituents is 1. The van der Waals surface area contributed by atoms with E-state index in [1.165, 1.54) is 23.9 Å². The van der Waals surface area contributed by atoms with Gasteiger partial charge in [-0.3, -0.25) is 9.48 Å². The number of aromatic nitrogens is 2. The Balaban J connectivity index is 2.59. The molecule has 6 heteroatoms. The Hall–Kier alpha value is -2.55. The molecule has 0 saturated heterocycles. The van der Waals surface area contributed by atoms with Crippen molar-refractivity contribution in [3.05, 3.63) is 23.9 Å². The van der Waals surface area contributed by atoms with Crippen LogP contribution in [-0.4, -0.2) is 28.0 Å². The number of esters is 1. The fourth-order valence-corrected chi connectivity index (χ4v) is 1.55. The topological polar surface area (TPSA) is 88.1 Å². The molecule has 0 atom stereocenters. The average molecular weight is 231 g/mol. The minimum Gasteiger partial charge on any atom is -0.508 e. The summed E-state index contributed by atoms with van der Waals surface area (Å²) in [5, 5.41) is 22.9. The van der Waals surface area contributed by atoms with Crippen molar-refractivity contribution >= 4 is 16.9 Å². The molecule has 0 amide bonds. The van der Waals surface area contributed by atoms with Crippen molar-refractivity contribution in [3.63, 3.8) is 0 Å². The summed E-state index contributed by atoms with van der Waals surface area (Å²) in [5.74, 6) is -0.421. The standard InChI is InChI=1S/C11H9N3O3/c1-17-11(16)6-14-10-4-7(15)2-3-8(10)9(5-12)13-14/h2-4,15H,6H2,1H3. The highest BCUT2D eigenvalue weighted by molar-refractivity contribution is 5.86. The highest BCUT2D eigenvalue weighted by Crippen LogP contribution is 2.22. The van der Waals surface area contributed by atoms with Gasteiger partial charge in [0.15, 0.2) is 5.69 Å². The van der Waals surface area contributed by atoms with E-state index in [1.807, 2.05) is 6.07 Å². The molecule has 1 N–H and O–H groups in total. The number of hydrogen-bond donors (Lipinski definition) is 1. The van der Waals surface area contributed by atoms with Gasteiger partial charge in [0.25, 0.3) is 0 Å². The van der Waals surface area contributed by atoms with E-state index in [4.69, 9.17) is 5.26 Å². The summed E-state index contributed by atoms with van der Waals surface area (Å²) in [5.41, 5.74) is 0.732. The van der Waals surface area contributed by atoms with Crippen LogP contribution < -0.4 is 0 Å². The zero-order chi connectivity index (χ0) is 12.4. The van der Waals surface area contributed by atoms with Crippen LogP contribution >= 0.6 is 0 Å². The second kappa shape index (κ2) is 4.14. The lowest BCUT2D eigenvalue weighted by Gasteiger charge is -2.01. The van der Waals surface area contributed by atoms with Crippen LogP contribution in [0.4, 0.5) is 0 Å². The SMILES string of the molecule is COC(=O)Cn1nc(C#N)c2ccc(O)cc21. The van der Waals surface area contributed by atoms with Gasteiger partial charge in [0.05, 0.1) is 12.6 Å². The number of aromatic hydroxyl groups is 1. The zero-order valence-corrected chi connectivity index (χ0v) is 9.04. The maximum absolute atomic E-state index is 11.2. The fraction of sp³-hybridized carbons (Fsp3) is 0.182. The van der Waals surface area contributed by atoms with Crippen LogP contribution in [0.15, 0.2) is 18.2 Å². The molecule has 0 aliphatic rings. The first-order valence-corrected chi connectivity index (χ1v) is 4.82. The molecule has 0 bridgehead atoms. The van der Waals surface area contributed by atoms with Crippen LogP contribution in [0.2, 0.25) is 0 Å². The van der Waals surface area contributed by atoms with E-state index < -0.39 is 5.97 Å². The average Bonchev–Trinajstić information content (AvgIpc) is 2.66. The molecule has 0 saturated carbocycles. The van der Waals surface area contributed by atoms with Gasteiger partial charge in [-0.1, -0.05) is 0 Å². The van der Waals surface area contributed by atoms with Gasteiger partial charge >= 0.3 is 5.97 Å². The minimum atomic E-state index is -0.470. The van der Waals surface area contributed by atoms with Crippen LogP contribution in [0, 0.1) is 11.3 Å². The van der Waals surface area contributed by atoms with Gasteiger partial charge in [-0.25, -0.2) is 0 Å². The maximum Gasteiger partial charge on any atom is 0.327 e. The minimum absolute atomic E-state index is 0.0491. The first-order valence-electron chi connectivity index (χ1n) is 4.82. The Labute approximate surface area is 96.6 Å². The van der Waals surface area contributed by atoms with Crippen LogP contribution in [0.5, 0.6) is 5.75 Å². The van der Waals surface area contributed by atoms with Crippen LogP contribution in [0.3, 0.4) is 0 Å². The molecule has 0 fully saturated rings. The molecule has 17 heavy (non-hydrogen) atoms. The normalized spacial score (nSPS) is 10.1. The van der Waals surface area contributed by atoms with E-state index in [-0.39, 0.29) is 18.0 Å². The van der Waals surface area contributed by atoms with Crippen molar-refractivity contribution in [3.8, 4) is 11.8 Å². The predicted molar refractivity (Wildman–Crippen MR) is 58.1 cm³/mol. The van der Waals surface area contributed by atoms with E-state index in [0.29, 0.717) is 10.9 Å². The second-order valence-corrected chi connectivity index (χ2v) is 3.40. The van der Waals surface area contributed by atoms with Gasteiger partial charge in [0, 0.05) is 11.5 Å². The molecule has 1 aromatic carbocycles. The molecule has 0 spiro atoms. The molecule has 2 rings (SSSR count). The first-order chi connectivity index (χ1) is 8.15. The highest BCUT2D eigenvalue weighted by atomic mass is 16.5. The zero-order valence-electron chi connectivity index (χ0n) is 9.04. The summed E-state index contributed by atoms with van der Waals surface area (Å²) in [6, 6.07) is 6.44. The van der Waals surface area contributed by atoms with Crippen molar-refractivity contribution in [2.24, 2.45) is 0 Å². The van der Waals surface area contributed by atoms with Crippen molar-refractivity contribution in [1.82, 2.24) is 9.78 Å². The van der Waals surface area contributed by atoms with Gasteiger partial charge < -0.3 is 9.84 Å². The van der Waals surface area contributed by atoms with Gasteiger partial charge in [-0.05, 0) is 12.1 Å². The molecule has 6 nitrogen and oxygen atoms in total. The third-order valence-corrected chi connectivity index (χ3v) is 2.35. The van der Waals surface area contributed by atoms with Crippen LogP contribution in [0.1, 0.15) is 5.69 Å². The number of nitrogens with zero attached hydrogens (tertiary/aromatic N) is 3. The molecular weight excluding hydrogens is 222 g/mol. The van der Waals surface area contributed by atoms with E-state index >= 15 is 0 Å². The second-order valence-electron chi connectivity index (χ2n) is 3.40. The Morgan fingerprint density at radius 2 is 2.41 bits per heavy atom. The summed E-state index contributed by atoms with van der Waals surface area (Å²) in [6.07, 6.45) is 0. The number of rotatable bonds is 2. The monoisotopic (exact) mass is 231 g/mol. The summed E-state index contributed by atoms with van der Waals surface area (Å²) >= 11 is 0. The number of fused-ring (bicyclic) bond motifs is 1. The van der Waals surface area contributed by atoms with E-state index in [9.17, 15) is 9.90 Å². The van der Waals surface area contributed by atoms with E-state index in [0.717, 1.165) is 0 Å². The Bertz CT molecular complexity index is 625. The number of phenols is 1. The number of carbonyl (C=O) groups is 1. The Kier molecular flexibility index (Phi) is 2.66. The summed E-state index contributed by atoms with van der Waals surface area (Å²) < 4.78 is 5.86. The van der Waals surface area contributed by atoms with E-state index in [2.05, 4.69) is 9.84 Å². The van der Waals surface area contributed by atoms with Crippen LogP contribution in [-0.2, 0) is 16.1 Å². The number of hydrogen-bond acceptors (Lipinski definition) is 5. The number of nitriles is 1. The lowest BCUT2D eigenvalue weighted by Crippen LogP contribution is -2.12. The Morgan fingerprint density at radius 3 is 3.06 bits per heavy atom. The molecular formula is C11H9N3O3. The molecule has 86 valence electrons. The molecule has 1 heterocycles. The Morgan fingerprint density at radius 1 is 1.65 bits per heavy atom. The number of benzene rings is 1. The lowest BCUT2D eigenvalue weighted by molar-refractivity contribution is -0.141. The van der Waals surface area contributed by atoms with Crippen molar-refractivity contribution in [2.45, 2.75) is 6.54 Å². The van der Waals surface area contributed by atoms with Gasteiger partial charge in [0.2, 0.25) is 0 Å². The molecule has 0 aliphatic carbocycles. The number of methoxy groups -OCH3 is 1. The fourth-order valence-electron chi connectivity index (χ4n) is 1.55. The van der Waals surface area contributed by atoms with Crippen molar-refractivity contribution in [1.29, 1.82) is 5.26 Å². The van der Waals surface area contributed by atoms with Crippen molar-refractivity contribution < 1.29 is 14.6 Å². The maximum atomic E-state index is 11.2. The first kappa shape index (κ1) is 11.0. The molecule has 0 aliphatic heterocycles. The quantitative estimate of drug-likeness (QED) is 0.772. The molecule has 0 radical (unpaired) electrons. The van der Waals surface area contributed by atoms with Gasteiger partial charge in [-0.15, -0.1) is 0 Å². The van der Waals surface area contributed by atoms with Gasteiger partial charge in [0.1, 0.15) is 18.4 Å². The number of carbonyl (C=O) groups excluding carboxylic acids is 1. The third-order valence-electron chi connectivity index (χ3n) is 2.35. The largest absolute Gasteiger partial charge is 0.508 e. The molecule has 0 unspecified atom stereocenters. The third kappa shape index (κ3) is 1.90.